The molecule has 5 nitrogen and oxygen atoms in total. The molecule has 1 amide bonds. The van der Waals surface area contributed by atoms with Crippen LogP contribution in [0.5, 0.6) is 0 Å². The number of carbonyl (C=O) groups is 2. The van der Waals surface area contributed by atoms with E-state index in [9.17, 15) is 9.59 Å². The summed E-state index contributed by atoms with van der Waals surface area (Å²) in [6.45, 7) is 3.16. The minimum atomic E-state index is -0.835. The van der Waals surface area contributed by atoms with Crippen molar-refractivity contribution < 1.29 is 14.7 Å². The van der Waals surface area contributed by atoms with Gasteiger partial charge in [-0.25, -0.2) is 0 Å². The largest absolute Gasteiger partial charge is 0.481 e. The molecule has 1 aliphatic rings. The summed E-state index contributed by atoms with van der Waals surface area (Å²) >= 11 is 0. The third kappa shape index (κ3) is 3.74. The summed E-state index contributed by atoms with van der Waals surface area (Å²) in [4.78, 5) is 23.5. The summed E-state index contributed by atoms with van der Waals surface area (Å²) in [5, 5.41) is 11.6. The summed E-state index contributed by atoms with van der Waals surface area (Å²) in [6, 6.07) is 0. The third-order valence-electron chi connectivity index (χ3n) is 2.25. The second-order valence-corrected chi connectivity index (χ2v) is 3.38. The van der Waals surface area contributed by atoms with Gasteiger partial charge < -0.3 is 15.3 Å². The van der Waals surface area contributed by atoms with Crippen molar-refractivity contribution in [3.8, 4) is 0 Å². The molecule has 1 saturated heterocycles. The molecular weight excluding hydrogens is 184 g/mol. The Morgan fingerprint density at radius 3 is 2.43 bits per heavy atom. The highest BCUT2D eigenvalue weighted by atomic mass is 16.4. The molecule has 1 rings (SSSR count). The lowest BCUT2D eigenvalue weighted by atomic mass is 10.2. The van der Waals surface area contributed by atoms with E-state index < -0.39 is 5.97 Å². The van der Waals surface area contributed by atoms with Gasteiger partial charge >= 0.3 is 5.97 Å². The normalized spacial score (nSPS) is 16.7. The van der Waals surface area contributed by atoms with Crippen LogP contribution in [0.25, 0.3) is 0 Å². The van der Waals surface area contributed by atoms with E-state index in [4.69, 9.17) is 5.11 Å². The van der Waals surface area contributed by atoms with Crippen LogP contribution in [0.2, 0.25) is 0 Å². The average Bonchev–Trinajstić information content (AvgIpc) is 2.18. The Morgan fingerprint density at radius 2 is 1.86 bits per heavy atom. The van der Waals surface area contributed by atoms with Crippen molar-refractivity contribution >= 4 is 11.9 Å². The van der Waals surface area contributed by atoms with Gasteiger partial charge in [-0.3, -0.25) is 9.59 Å². The van der Waals surface area contributed by atoms with Gasteiger partial charge in [-0.05, 0) is 6.42 Å². The van der Waals surface area contributed by atoms with E-state index in [1.807, 2.05) is 0 Å². The molecule has 0 saturated carbocycles. The Labute approximate surface area is 83.1 Å². The number of hydrogen-bond donors (Lipinski definition) is 2. The van der Waals surface area contributed by atoms with Crippen molar-refractivity contribution in [1.29, 1.82) is 0 Å². The molecule has 1 heterocycles. The van der Waals surface area contributed by atoms with Gasteiger partial charge in [0.25, 0.3) is 0 Å². The monoisotopic (exact) mass is 200 g/mol. The zero-order valence-corrected chi connectivity index (χ0v) is 8.16. The Hall–Kier alpha value is -1.10. The molecule has 0 radical (unpaired) electrons. The number of nitrogens with zero attached hydrogens (tertiary/aromatic N) is 1. The van der Waals surface area contributed by atoms with Gasteiger partial charge in [0.1, 0.15) is 0 Å². The Bertz CT molecular complexity index is 212. The number of amides is 1. The van der Waals surface area contributed by atoms with Crippen LogP contribution in [0, 0.1) is 0 Å². The first-order valence-corrected chi connectivity index (χ1v) is 4.90. The summed E-state index contributed by atoms with van der Waals surface area (Å²) < 4.78 is 0. The Balaban J connectivity index is 2.16. The molecule has 1 aliphatic heterocycles. The zero-order valence-electron chi connectivity index (χ0n) is 8.16. The van der Waals surface area contributed by atoms with E-state index in [1.165, 1.54) is 0 Å². The molecular formula is C9H16N2O3. The van der Waals surface area contributed by atoms with Gasteiger partial charge in [0, 0.05) is 39.0 Å². The van der Waals surface area contributed by atoms with Crippen molar-refractivity contribution in [3.05, 3.63) is 0 Å². The van der Waals surface area contributed by atoms with Gasteiger partial charge in [0.05, 0.1) is 0 Å². The van der Waals surface area contributed by atoms with Gasteiger partial charge in [-0.2, -0.15) is 0 Å². The van der Waals surface area contributed by atoms with Crippen molar-refractivity contribution in [2.24, 2.45) is 0 Å². The molecule has 0 aliphatic carbocycles. The number of hydrogen-bond acceptors (Lipinski definition) is 3. The lowest BCUT2D eigenvalue weighted by molar-refractivity contribution is -0.137. The smallest absolute Gasteiger partial charge is 0.303 e. The molecule has 1 fully saturated rings. The maximum Gasteiger partial charge on any atom is 0.303 e. The highest BCUT2D eigenvalue weighted by Crippen LogP contribution is 2.02. The second kappa shape index (κ2) is 5.59. The Morgan fingerprint density at radius 1 is 1.21 bits per heavy atom. The van der Waals surface area contributed by atoms with Gasteiger partial charge in [0.15, 0.2) is 0 Å². The van der Waals surface area contributed by atoms with Crippen LogP contribution in [0.3, 0.4) is 0 Å². The summed E-state index contributed by atoms with van der Waals surface area (Å²) in [6.07, 6.45) is 0.877. The maximum absolute atomic E-state index is 11.5. The number of carbonyl (C=O) groups excluding carboxylic acids is 1. The molecule has 80 valence electrons. The van der Waals surface area contributed by atoms with Gasteiger partial charge in [0.2, 0.25) is 5.91 Å². The second-order valence-electron chi connectivity index (χ2n) is 3.38. The van der Waals surface area contributed by atoms with E-state index in [0.717, 1.165) is 26.2 Å². The number of carboxylic acids is 1. The van der Waals surface area contributed by atoms with E-state index in [2.05, 4.69) is 5.32 Å². The number of carboxylic acid groups (broad SMARTS) is 1. The highest BCUT2D eigenvalue weighted by molar-refractivity contribution is 5.77. The van der Waals surface area contributed by atoms with Gasteiger partial charge in [-0.15, -0.1) is 0 Å². The first-order valence-electron chi connectivity index (χ1n) is 4.90. The van der Waals surface area contributed by atoms with Crippen LogP contribution in [0.4, 0.5) is 0 Å². The predicted octanol–water partition coefficient (Wildman–Crippen LogP) is -0.327. The lowest BCUT2D eigenvalue weighted by Crippen LogP contribution is -2.46. The topological polar surface area (TPSA) is 69.6 Å². The van der Waals surface area contributed by atoms with Crippen LogP contribution in [-0.2, 0) is 9.59 Å². The minimum Gasteiger partial charge on any atom is -0.481 e. The fourth-order valence-corrected chi connectivity index (χ4v) is 1.46. The van der Waals surface area contributed by atoms with Crippen LogP contribution >= 0.6 is 0 Å². The molecule has 0 aromatic carbocycles. The fraction of sp³-hybridized carbons (Fsp3) is 0.778. The number of aliphatic carboxylic acids is 1. The van der Waals surface area contributed by atoms with Crippen molar-refractivity contribution in [2.75, 3.05) is 26.2 Å². The molecule has 0 aromatic heterocycles. The quantitative estimate of drug-likeness (QED) is 0.652. The summed E-state index contributed by atoms with van der Waals surface area (Å²) in [5.74, 6) is -0.758. The third-order valence-corrected chi connectivity index (χ3v) is 2.25. The van der Waals surface area contributed by atoms with Crippen molar-refractivity contribution in [1.82, 2.24) is 10.2 Å². The van der Waals surface area contributed by atoms with Crippen LogP contribution in [-0.4, -0.2) is 48.1 Å². The SMILES string of the molecule is O=C(O)CCCC(=O)N1CCNCC1. The molecule has 5 heteroatoms. The first kappa shape index (κ1) is 11.0. The molecule has 0 atom stereocenters. The lowest BCUT2D eigenvalue weighted by Gasteiger charge is -2.27. The van der Waals surface area contributed by atoms with Crippen LogP contribution < -0.4 is 5.32 Å². The number of nitrogens with one attached hydrogen (secondary N) is 1. The standard InChI is InChI=1S/C9H16N2O3/c12-8(2-1-3-9(13)14)11-6-4-10-5-7-11/h10H,1-7H2,(H,13,14). The van der Waals surface area contributed by atoms with E-state index in [1.54, 1.807) is 4.90 Å². The van der Waals surface area contributed by atoms with Crippen LogP contribution in [0.15, 0.2) is 0 Å². The van der Waals surface area contributed by atoms with Crippen molar-refractivity contribution in [3.63, 3.8) is 0 Å². The molecule has 0 spiro atoms. The maximum atomic E-state index is 11.5. The summed E-state index contributed by atoms with van der Waals surface area (Å²) in [7, 11) is 0. The van der Waals surface area contributed by atoms with Crippen LogP contribution in [0.1, 0.15) is 19.3 Å². The van der Waals surface area contributed by atoms with Crippen molar-refractivity contribution in [2.45, 2.75) is 19.3 Å². The van der Waals surface area contributed by atoms with Gasteiger partial charge in [-0.1, -0.05) is 0 Å². The predicted molar refractivity (Wildman–Crippen MR) is 50.9 cm³/mol. The first-order chi connectivity index (χ1) is 6.70. The molecule has 0 unspecified atom stereocenters. The zero-order chi connectivity index (χ0) is 10.4. The van der Waals surface area contributed by atoms with E-state index >= 15 is 0 Å². The molecule has 0 bridgehead atoms. The highest BCUT2D eigenvalue weighted by Gasteiger charge is 2.15. The van der Waals surface area contributed by atoms with E-state index in [0.29, 0.717) is 12.8 Å². The molecule has 2 N–H and O–H groups in total. The van der Waals surface area contributed by atoms with E-state index in [-0.39, 0.29) is 12.3 Å². The number of rotatable bonds is 4. The molecule has 14 heavy (non-hydrogen) atoms. The average molecular weight is 200 g/mol. The Kier molecular flexibility index (Phi) is 4.39. The number of piperazine rings is 1. The fourth-order valence-electron chi connectivity index (χ4n) is 1.46. The molecule has 0 aromatic rings. The minimum absolute atomic E-state index is 0.0766. The summed E-state index contributed by atoms with van der Waals surface area (Å²) in [5.41, 5.74) is 0.